The fraction of sp³-hybridized carbons (Fsp3) is 0.500. The van der Waals surface area contributed by atoms with Gasteiger partial charge in [-0.3, -0.25) is 0 Å². The molecule has 0 unspecified atom stereocenters. The van der Waals surface area contributed by atoms with Crippen molar-refractivity contribution in [2.24, 2.45) is 5.73 Å². The topological polar surface area (TPSA) is 26.0 Å². The van der Waals surface area contributed by atoms with Crippen LogP contribution in [0.5, 0.6) is 0 Å². The molecule has 2 N–H and O–H groups in total. The molecule has 15 heavy (non-hydrogen) atoms. The Kier molecular flexibility index (Phi) is 2.51. The zero-order valence-corrected chi connectivity index (χ0v) is 8.55. The molecule has 82 valence electrons. The standard InChI is InChI=1S/C12H15F2N/c13-12(14)9-5-4-8-11(12,15)10-6-2-1-3-7-10/h1-3,6-7H,4-5,8-9,15H2/t11-/m1/s1. The maximum Gasteiger partial charge on any atom is 0.269 e. The molecule has 0 amide bonds. The van der Waals surface area contributed by atoms with Gasteiger partial charge in [-0.25, -0.2) is 8.78 Å². The predicted octanol–water partition coefficient (Wildman–Crippen LogP) is 3.05. The molecule has 0 heterocycles. The molecule has 0 bridgehead atoms. The van der Waals surface area contributed by atoms with Gasteiger partial charge in [0, 0.05) is 6.42 Å². The van der Waals surface area contributed by atoms with Crippen molar-refractivity contribution in [3.63, 3.8) is 0 Å². The molecule has 0 spiro atoms. The molecule has 2 rings (SSSR count). The third-order valence-corrected chi connectivity index (χ3v) is 3.25. The zero-order chi connectivity index (χ0) is 10.9. The Morgan fingerprint density at radius 2 is 1.60 bits per heavy atom. The Hall–Kier alpha value is -0.960. The maximum absolute atomic E-state index is 13.8. The lowest BCUT2D eigenvalue weighted by atomic mass is 9.74. The third-order valence-electron chi connectivity index (χ3n) is 3.25. The highest BCUT2D eigenvalue weighted by molar-refractivity contribution is 5.27. The molecule has 1 atom stereocenters. The van der Waals surface area contributed by atoms with Gasteiger partial charge in [-0.15, -0.1) is 0 Å². The minimum Gasteiger partial charge on any atom is -0.316 e. The van der Waals surface area contributed by atoms with Gasteiger partial charge in [0.1, 0.15) is 5.54 Å². The summed E-state index contributed by atoms with van der Waals surface area (Å²) in [6.45, 7) is 0. The summed E-state index contributed by atoms with van der Waals surface area (Å²) in [6.07, 6.45) is 1.61. The fourth-order valence-electron chi connectivity index (χ4n) is 2.25. The summed E-state index contributed by atoms with van der Waals surface area (Å²) in [6, 6.07) is 8.72. The van der Waals surface area contributed by atoms with Crippen LogP contribution in [0.4, 0.5) is 8.78 Å². The number of halogens is 2. The second kappa shape index (κ2) is 3.56. The molecule has 1 saturated carbocycles. The molecule has 3 heteroatoms. The quantitative estimate of drug-likeness (QED) is 0.759. The molecule has 1 aromatic carbocycles. The molecular weight excluding hydrogens is 196 g/mol. The van der Waals surface area contributed by atoms with Crippen LogP contribution in [0.25, 0.3) is 0 Å². The molecule has 1 fully saturated rings. The third kappa shape index (κ3) is 1.65. The van der Waals surface area contributed by atoms with Crippen LogP contribution in [-0.2, 0) is 5.54 Å². The van der Waals surface area contributed by atoms with Gasteiger partial charge in [0.2, 0.25) is 0 Å². The van der Waals surface area contributed by atoms with E-state index in [-0.39, 0.29) is 6.42 Å². The van der Waals surface area contributed by atoms with Gasteiger partial charge in [0.05, 0.1) is 0 Å². The van der Waals surface area contributed by atoms with Crippen molar-refractivity contribution >= 4 is 0 Å². The lowest BCUT2D eigenvalue weighted by Gasteiger charge is -2.41. The van der Waals surface area contributed by atoms with Crippen molar-refractivity contribution in [3.05, 3.63) is 35.9 Å². The van der Waals surface area contributed by atoms with Gasteiger partial charge in [-0.1, -0.05) is 36.8 Å². The van der Waals surface area contributed by atoms with Crippen molar-refractivity contribution in [1.29, 1.82) is 0 Å². The lowest BCUT2D eigenvalue weighted by molar-refractivity contribution is -0.105. The first-order valence-corrected chi connectivity index (χ1v) is 5.28. The Balaban J connectivity index is 2.40. The smallest absolute Gasteiger partial charge is 0.269 e. The van der Waals surface area contributed by atoms with Crippen LogP contribution in [-0.4, -0.2) is 5.92 Å². The Bertz CT molecular complexity index is 337. The number of hydrogen-bond donors (Lipinski definition) is 1. The molecule has 1 aliphatic carbocycles. The Morgan fingerprint density at radius 1 is 1.00 bits per heavy atom. The van der Waals surface area contributed by atoms with Crippen LogP contribution in [0, 0.1) is 0 Å². The molecule has 0 saturated heterocycles. The van der Waals surface area contributed by atoms with E-state index >= 15 is 0 Å². The minimum atomic E-state index is -2.79. The number of hydrogen-bond acceptors (Lipinski definition) is 1. The number of alkyl halides is 2. The second-order valence-corrected chi connectivity index (χ2v) is 4.25. The normalized spacial score (nSPS) is 30.1. The maximum atomic E-state index is 13.8. The van der Waals surface area contributed by atoms with E-state index in [0.29, 0.717) is 18.4 Å². The number of benzene rings is 1. The average molecular weight is 211 g/mol. The van der Waals surface area contributed by atoms with Gasteiger partial charge < -0.3 is 5.73 Å². The SMILES string of the molecule is N[C@@]1(c2ccccc2)CCCCC1(F)F. The highest BCUT2D eigenvalue weighted by atomic mass is 19.3. The summed E-state index contributed by atoms with van der Waals surface area (Å²) in [7, 11) is 0. The molecule has 1 nitrogen and oxygen atoms in total. The Labute approximate surface area is 88.3 Å². The van der Waals surface area contributed by atoms with Crippen LogP contribution in [0.2, 0.25) is 0 Å². The summed E-state index contributed by atoms with van der Waals surface area (Å²) in [5, 5.41) is 0. The van der Waals surface area contributed by atoms with Crippen molar-refractivity contribution in [2.45, 2.75) is 37.1 Å². The lowest BCUT2D eigenvalue weighted by Crippen LogP contribution is -2.54. The van der Waals surface area contributed by atoms with Crippen molar-refractivity contribution < 1.29 is 8.78 Å². The molecule has 1 aliphatic rings. The van der Waals surface area contributed by atoms with E-state index in [2.05, 4.69) is 0 Å². The van der Waals surface area contributed by atoms with Gasteiger partial charge in [0.25, 0.3) is 5.92 Å². The van der Waals surface area contributed by atoms with E-state index in [1.165, 1.54) is 0 Å². The van der Waals surface area contributed by atoms with E-state index < -0.39 is 11.5 Å². The van der Waals surface area contributed by atoms with Gasteiger partial charge in [0.15, 0.2) is 0 Å². The molecule has 0 radical (unpaired) electrons. The first kappa shape index (κ1) is 10.6. The van der Waals surface area contributed by atoms with Gasteiger partial charge >= 0.3 is 0 Å². The fourth-order valence-corrected chi connectivity index (χ4v) is 2.25. The second-order valence-electron chi connectivity index (χ2n) is 4.25. The van der Waals surface area contributed by atoms with Crippen LogP contribution >= 0.6 is 0 Å². The van der Waals surface area contributed by atoms with Crippen LogP contribution in [0.15, 0.2) is 30.3 Å². The summed E-state index contributed by atoms with van der Waals surface area (Å²) in [5.41, 5.74) is 4.99. The minimum absolute atomic E-state index is 0.0988. The summed E-state index contributed by atoms with van der Waals surface area (Å²) in [4.78, 5) is 0. The summed E-state index contributed by atoms with van der Waals surface area (Å²) >= 11 is 0. The summed E-state index contributed by atoms with van der Waals surface area (Å²) in [5.74, 6) is -2.79. The van der Waals surface area contributed by atoms with Gasteiger partial charge in [-0.2, -0.15) is 0 Å². The van der Waals surface area contributed by atoms with E-state index in [9.17, 15) is 8.78 Å². The largest absolute Gasteiger partial charge is 0.316 e. The Morgan fingerprint density at radius 3 is 2.20 bits per heavy atom. The molecule has 0 aliphatic heterocycles. The van der Waals surface area contributed by atoms with Crippen molar-refractivity contribution in [3.8, 4) is 0 Å². The number of rotatable bonds is 1. The molecule has 1 aromatic rings. The number of nitrogens with two attached hydrogens (primary N) is 1. The van der Waals surface area contributed by atoms with Crippen LogP contribution in [0.3, 0.4) is 0 Å². The van der Waals surface area contributed by atoms with Crippen LogP contribution < -0.4 is 5.73 Å². The summed E-state index contributed by atoms with van der Waals surface area (Å²) < 4.78 is 27.6. The highest BCUT2D eigenvalue weighted by Gasteiger charge is 2.52. The van der Waals surface area contributed by atoms with Crippen molar-refractivity contribution in [2.75, 3.05) is 0 Å². The molecular formula is C12H15F2N. The first-order chi connectivity index (χ1) is 7.06. The monoisotopic (exact) mass is 211 g/mol. The van der Waals surface area contributed by atoms with Crippen LogP contribution in [0.1, 0.15) is 31.2 Å². The van der Waals surface area contributed by atoms with E-state index in [1.807, 2.05) is 6.07 Å². The first-order valence-electron chi connectivity index (χ1n) is 5.28. The van der Waals surface area contributed by atoms with E-state index in [0.717, 1.165) is 6.42 Å². The molecule has 0 aromatic heterocycles. The van der Waals surface area contributed by atoms with Crippen molar-refractivity contribution in [1.82, 2.24) is 0 Å². The highest BCUT2D eigenvalue weighted by Crippen LogP contribution is 2.46. The average Bonchev–Trinajstić information content (AvgIpc) is 2.24. The van der Waals surface area contributed by atoms with E-state index in [1.54, 1.807) is 24.3 Å². The predicted molar refractivity (Wildman–Crippen MR) is 55.7 cm³/mol. The van der Waals surface area contributed by atoms with E-state index in [4.69, 9.17) is 5.73 Å². The zero-order valence-electron chi connectivity index (χ0n) is 8.55. The van der Waals surface area contributed by atoms with Gasteiger partial charge in [-0.05, 0) is 18.4 Å².